The molecule has 0 saturated carbocycles. The number of benzene rings is 1. The van der Waals surface area contributed by atoms with E-state index in [0.717, 1.165) is 36.3 Å². The van der Waals surface area contributed by atoms with E-state index in [9.17, 15) is 0 Å². The summed E-state index contributed by atoms with van der Waals surface area (Å²) < 4.78 is 11.3. The van der Waals surface area contributed by atoms with Gasteiger partial charge in [-0.1, -0.05) is 11.8 Å². The van der Waals surface area contributed by atoms with E-state index in [1.165, 1.54) is 0 Å². The summed E-state index contributed by atoms with van der Waals surface area (Å²) in [6.45, 7) is 3.65. The lowest BCUT2D eigenvalue weighted by molar-refractivity contribution is 0.00741. The quantitative estimate of drug-likeness (QED) is 0.847. The highest BCUT2D eigenvalue weighted by Crippen LogP contribution is 2.20. The Labute approximate surface area is 114 Å². The predicted octanol–water partition coefficient (Wildman–Crippen LogP) is 2.29. The lowest BCUT2D eigenvalue weighted by Crippen LogP contribution is -2.28. The Kier molecular flexibility index (Phi) is 5.26. The van der Waals surface area contributed by atoms with Crippen LogP contribution in [0.2, 0.25) is 0 Å². The molecule has 3 heteroatoms. The zero-order valence-electron chi connectivity index (χ0n) is 11.3. The van der Waals surface area contributed by atoms with E-state index < -0.39 is 0 Å². The fourth-order valence-corrected chi connectivity index (χ4v) is 2.06. The molecular weight excluding hydrogens is 240 g/mol. The zero-order chi connectivity index (χ0) is 13.5. The standard InChI is InChI=1S/C16H20O3/c1-13-11-15(19-16-6-4-10-18-12-16)8-7-14(13)5-2-3-9-17/h7-8,11,16-17H,3-4,6,9-10,12H2,1H3. The van der Waals surface area contributed by atoms with E-state index in [1.54, 1.807) is 0 Å². The molecule has 0 aromatic heterocycles. The fourth-order valence-electron chi connectivity index (χ4n) is 2.06. The smallest absolute Gasteiger partial charge is 0.122 e. The van der Waals surface area contributed by atoms with Gasteiger partial charge in [0.1, 0.15) is 11.9 Å². The first-order valence-electron chi connectivity index (χ1n) is 6.74. The van der Waals surface area contributed by atoms with Gasteiger partial charge in [-0.2, -0.15) is 0 Å². The first-order chi connectivity index (χ1) is 9.29. The van der Waals surface area contributed by atoms with Gasteiger partial charge < -0.3 is 14.6 Å². The van der Waals surface area contributed by atoms with Crippen molar-refractivity contribution in [2.75, 3.05) is 19.8 Å². The third-order valence-electron chi connectivity index (χ3n) is 3.08. The summed E-state index contributed by atoms with van der Waals surface area (Å²) in [6, 6.07) is 5.93. The lowest BCUT2D eigenvalue weighted by Gasteiger charge is -2.23. The molecular formula is C16H20O3. The van der Waals surface area contributed by atoms with E-state index in [0.29, 0.717) is 13.0 Å². The summed E-state index contributed by atoms with van der Waals surface area (Å²) in [5, 5.41) is 8.71. The lowest BCUT2D eigenvalue weighted by atomic mass is 10.1. The van der Waals surface area contributed by atoms with Crippen LogP contribution in [0.5, 0.6) is 5.75 Å². The highest BCUT2D eigenvalue weighted by atomic mass is 16.5. The molecule has 1 N–H and O–H groups in total. The average molecular weight is 260 g/mol. The second kappa shape index (κ2) is 7.18. The Morgan fingerprint density at radius 1 is 1.47 bits per heavy atom. The van der Waals surface area contributed by atoms with Crippen molar-refractivity contribution in [1.29, 1.82) is 0 Å². The number of hydrogen-bond acceptors (Lipinski definition) is 3. The van der Waals surface area contributed by atoms with Crippen molar-refractivity contribution in [1.82, 2.24) is 0 Å². The predicted molar refractivity (Wildman–Crippen MR) is 74.2 cm³/mol. The largest absolute Gasteiger partial charge is 0.488 e. The summed E-state index contributed by atoms with van der Waals surface area (Å²) in [5.74, 6) is 6.86. The summed E-state index contributed by atoms with van der Waals surface area (Å²) in [7, 11) is 0. The van der Waals surface area contributed by atoms with Gasteiger partial charge in [0, 0.05) is 18.6 Å². The van der Waals surface area contributed by atoms with Gasteiger partial charge in [0.2, 0.25) is 0 Å². The van der Waals surface area contributed by atoms with Gasteiger partial charge in [-0.25, -0.2) is 0 Å². The van der Waals surface area contributed by atoms with Crippen LogP contribution in [-0.2, 0) is 4.74 Å². The van der Waals surface area contributed by atoms with E-state index >= 15 is 0 Å². The summed E-state index contributed by atoms with van der Waals surface area (Å²) in [5.41, 5.74) is 2.08. The van der Waals surface area contributed by atoms with Gasteiger partial charge >= 0.3 is 0 Å². The Morgan fingerprint density at radius 2 is 2.37 bits per heavy atom. The van der Waals surface area contributed by atoms with Crippen LogP contribution in [0.25, 0.3) is 0 Å². The topological polar surface area (TPSA) is 38.7 Å². The van der Waals surface area contributed by atoms with E-state index in [4.69, 9.17) is 14.6 Å². The zero-order valence-corrected chi connectivity index (χ0v) is 11.3. The van der Waals surface area contributed by atoms with Crippen LogP contribution in [-0.4, -0.2) is 31.0 Å². The van der Waals surface area contributed by atoms with Crippen molar-refractivity contribution < 1.29 is 14.6 Å². The van der Waals surface area contributed by atoms with Gasteiger partial charge in [-0.15, -0.1) is 0 Å². The van der Waals surface area contributed by atoms with Crippen molar-refractivity contribution in [2.24, 2.45) is 0 Å². The van der Waals surface area contributed by atoms with Crippen LogP contribution < -0.4 is 4.74 Å². The van der Waals surface area contributed by atoms with Crippen LogP contribution in [0.15, 0.2) is 18.2 Å². The highest BCUT2D eigenvalue weighted by Gasteiger charge is 2.15. The van der Waals surface area contributed by atoms with Gasteiger partial charge in [0.15, 0.2) is 0 Å². The normalized spacial score (nSPS) is 18.5. The number of rotatable bonds is 3. The molecule has 2 rings (SSSR count). The Morgan fingerprint density at radius 3 is 3.05 bits per heavy atom. The Bertz CT molecular complexity index is 465. The minimum Gasteiger partial charge on any atom is -0.488 e. The Balaban J connectivity index is 2.00. The maximum absolute atomic E-state index is 8.71. The molecule has 3 nitrogen and oxygen atoms in total. The summed E-state index contributed by atoms with van der Waals surface area (Å²) in [4.78, 5) is 0. The number of aliphatic hydroxyl groups is 1. The van der Waals surface area contributed by atoms with Crippen molar-refractivity contribution in [3.8, 4) is 17.6 Å². The van der Waals surface area contributed by atoms with Gasteiger partial charge in [0.25, 0.3) is 0 Å². The van der Waals surface area contributed by atoms with E-state index in [2.05, 4.69) is 11.8 Å². The molecule has 1 fully saturated rings. The molecule has 102 valence electrons. The van der Waals surface area contributed by atoms with Crippen LogP contribution in [0.4, 0.5) is 0 Å². The molecule has 19 heavy (non-hydrogen) atoms. The number of hydrogen-bond donors (Lipinski definition) is 1. The SMILES string of the molecule is Cc1cc(OC2CCCOC2)ccc1C#CCCO. The molecule has 0 amide bonds. The third kappa shape index (κ3) is 4.27. The molecule has 1 heterocycles. The Hall–Kier alpha value is -1.50. The van der Waals surface area contributed by atoms with Gasteiger partial charge in [-0.3, -0.25) is 0 Å². The van der Waals surface area contributed by atoms with Crippen LogP contribution in [0.3, 0.4) is 0 Å². The fraction of sp³-hybridized carbons (Fsp3) is 0.500. The number of aliphatic hydroxyl groups excluding tert-OH is 1. The summed E-state index contributed by atoms with van der Waals surface area (Å²) >= 11 is 0. The van der Waals surface area contributed by atoms with E-state index in [-0.39, 0.29) is 12.7 Å². The van der Waals surface area contributed by atoms with Crippen LogP contribution in [0.1, 0.15) is 30.4 Å². The molecule has 1 atom stereocenters. The molecule has 1 unspecified atom stereocenters. The molecule has 1 aromatic carbocycles. The third-order valence-corrected chi connectivity index (χ3v) is 3.08. The molecule has 0 aliphatic carbocycles. The monoisotopic (exact) mass is 260 g/mol. The molecule has 0 radical (unpaired) electrons. The molecule has 1 aromatic rings. The number of ether oxygens (including phenoxy) is 2. The molecule has 1 aliphatic rings. The highest BCUT2D eigenvalue weighted by molar-refractivity contribution is 5.44. The van der Waals surface area contributed by atoms with Crippen molar-refractivity contribution in [3.05, 3.63) is 29.3 Å². The average Bonchev–Trinajstić information content (AvgIpc) is 2.43. The minimum atomic E-state index is 0.106. The summed E-state index contributed by atoms with van der Waals surface area (Å²) in [6.07, 6.45) is 2.79. The molecule has 0 spiro atoms. The second-order valence-corrected chi connectivity index (χ2v) is 4.71. The maximum Gasteiger partial charge on any atom is 0.122 e. The second-order valence-electron chi connectivity index (χ2n) is 4.71. The maximum atomic E-state index is 8.71. The molecule has 0 bridgehead atoms. The van der Waals surface area contributed by atoms with E-state index in [1.807, 2.05) is 25.1 Å². The van der Waals surface area contributed by atoms with Crippen molar-refractivity contribution in [3.63, 3.8) is 0 Å². The van der Waals surface area contributed by atoms with Crippen LogP contribution >= 0.6 is 0 Å². The van der Waals surface area contributed by atoms with Crippen molar-refractivity contribution in [2.45, 2.75) is 32.3 Å². The minimum absolute atomic E-state index is 0.106. The first-order valence-corrected chi connectivity index (χ1v) is 6.74. The van der Waals surface area contributed by atoms with Gasteiger partial charge in [-0.05, 0) is 43.5 Å². The molecule has 1 aliphatic heterocycles. The molecule has 1 saturated heterocycles. The van der Waals surface area contributed by atoms with Crippen LogP contribution in [0, 0.1) is 18.8 Å². The van der Waals surface area contributed by atoms with Gasteiger partial charge in [0.05, 0.1) is 13.2 Å². The number of aryl methyl sites for hydroxylation is 1. The van der Waals surface area contributed by atoms with Crippen molar-refractivity contribution >= 4 is 0 Å². The first kappa shape index (κ1) is 13.9.